The number of hydrogen-bond donors (Lipinski definition) is 2. The second kappa shape index (κ2) is 6.79. The molecule has 3 rings (SSSR count). The van der Waals surface area contributed by atoms with Crippen molar-refractivity contribution in [2.45, 2.75) is 25.8 Å². The van der Waals surface area contributed by atoms with E-state index in [0.717, 1.165) is 11.9 Å². The van der Waals surface area contributed by atoms with Gasteiger partial charge in [-0.05, 0) is 44.0 Å². The Bertz CT molecular complexity index is 822. The molecule has 2 aromatic carbocycles. The summed E-state index contributed by atoms with van der Waals surface area (Å²) in [7, 11) is 0. The third-order valence-electron chi connectivity index (χ3n) is 3.90. The molecule has 0 atom stereocenters. The lowest BCUT2D eigenvalue weighted by Crippen LogP contribution is -2.47. The number of aromatic nitrogens is 1. The number of ether oxygens (including phenoxy) is 1. The summed E-state index contributed by atoms with van der Waals surface area (Å²) < 4.78 is 5.50. The third-order valence-corrected chi connectivity index (χ3v) is 3.90. The van der Waals surface area contributed by atoms with Gasteiger partial charge in [0.25, 0.3) is 5.91 Å². The van der Waals surface area contributed by atoms with Crippen LogP contribution < -0.4 is 10.1 Å². The summed E-state index contributed by atoms with van der Waals surface area (Å²) in [6, 6.07) is 17.5. The molecule has 0 radical (unpaired) electrons. The van der Waals surface area contributed by atoms with Crippen molar-refractivity contribution in [3.8, 4) is 5.75 Å². The maximum absolute atomic E-state index is 12.2. The summed E-state index contributed by atoms with van der Waals surface area (Å²) in [5.41, 5.74) is 1.95. The molecule has 0 spiro atoms. The zero-order valence-corrected chi connectivity index (χ0v) is 14.0. The van der Waals surface area contributed by atoms with Crippen molar-refractivity contribution in [1.29, 1.82) is 0 Å². The molecule has 1 heterocycles. The number of aromatic amines is 1. The number of carbonyl (C=O) groups is 1. The average molecular weight is 322 g/mol. The number of hydrogen-bond acceptors (Lipinski definition) is 2. The molecule has 0 aliphatic rings. The highest BCUT2D eigenvalue weighted by molar-refractivity contribution is 5.83. The van der Waals surface area contributed by atoms with Gasteiger partial charge >= 0.3 is 0 Å². The number of para-hydroxylation sites is 2. The van der Waals surface area contributed by atoms with E-state index in [9.17, 15) is 4.79 Å². The van der Waals surface area contributed by atoms with E-state index < -0.39 is 0 Å². The predicted octanol–water partition coefficient (Wildman–Crippen LogP) is 3.68. The van der Waals surface area contributed by atoms with Crippen molar-refractivity contribution < 1.29 is 9.53 Å². The lowest BCUT2D eigenvalue weighted by molar-refractivity contribution is -0.124. The van der Waals surface area contributed by atoms with Gasteiger partial charge in [-0.1, -0.05) is 36.4 Å². The molecule has 2 N–H and O–H groups in total. The normalized spacial score (nSPS) is 11.4. The van der Waals surface area contributed by atoms with Crippen LogP contribution in [-0.2, 0) is 11.2 Å². The number of fused-ring (bicyclic) bond motifs is 1. The van der Waals surface area contributed by atoms with Gasteiger partial charge in [-0.2, -0.15) is 0 Å². The number of rotatable bonds is 6. The molecule has 0 aliphatic heterocycles. The fraction of sp³-hybridized carbons (Fsp3) is 0.250. The molecule has 1 aromatic heterocycles. The molecule has 0 unspecified atom stereocenters. The molecule has 24 heavy (non-hydrogen) atoms. The second-order valence-corrected chi connectivity index (χ2v) is 6.57. The highest BCUT2D eigenvalue weighted by Crippen LogP contribution is 2.22. The van der Waals surface area contributed by atoms with E-state index in [4.69, 9.17) is 4.74 Å². The van der Waals surface area contributed by atoms with Gasteiger partial charge in [0.2, 0.25) is 0 Å². The molecule has 0 bridgehead atoms. The third kappa shape index (κ3) is 3.96. The molecule has 0 aliphatic carbocycles. The van der Waals surface area contributed by atoms with Crippen molar-refractivity contribution in [1.82, 2.24) is 10.3 Å². The summed E-state index contributed by atoms with van der Waals surface area (Å²) in [6.45, 7) is 4.06. The van der Waals surface area contributed by atoms with Crippen LogP contribution in [0.5, 0.6) is 5.75 Å². The van der Waals surface area contributed by atoms with Gasteiger partial charge < -0.3 is 15.0 Å². The van der Waals surface area contributed by atoms with E-state index in [1.165, 1.54) is 10.9 Å². The summed E-state index contributed by atoms with van der Waals surface area (Å²) in [4.78, 5) is 15.5. The summed E-state index contributed by atoms with van der Waals surface area (Å²) in [6.07, 6.45) is 2.76. The first-order chi connectivity index (χ1) is 11.5. The Hall–Kier alpha value is -2.75. The molecule has 124 valence electrons. The number of amides is 1. The molecule has 0 saturated carbocycles. The first-order valence-corrected chi connectivity index (χ1v) is 8.07. The second-order valence-electron chi connectivity index (χ2n) is 6.57. The smallest absolute Gasteiger partial charge is 0.258 e. The Labute approximate surface area is 141 Å². The van der Waals surface area contributed by atoms with Gasteiger partial charge in [-0.15, -0.1) is 0 Å². The maximum atomic E-state index is 12.2. The van der Waals surface area contributed by atoms with Gasteiger partial charge in [0.1, 0.15) is 5.75 Å². The lowest BCUT2D eigenvalue weighted by Gasteiger charge is -2.26. The van der Waals surface area contributed by atoms with Crippen LogP contribution in [-0.4, -0.2) is 23.0 Å². The SMILES string of the molecule is CC(C)(Cc1c[nH]c2ccccc12)NC(=O)COc1ccccc1. The van der Waals surface area contributed by atoms with E-state index in [0.29, 0.717) is 5.75 Å². The van der Waals surface area contributed by atoms with Crippen molar-refractivity contribution in [3.05, 3.63) is 66.4 Å². The van der Waals surface area contributed by atoms with Crippen molar-refractivity contribution in [3.63, 3.8) is 0 Å². The predicted molar refractivity (Wildman–Crippen MR) is 96.2 cm³/mol. The molecule has 3 aromatic rings. The largest absolute Gasteiger partial charge is 0.484 e. The Morgan fingerprint density at radius 2 is 1.79 bits per heavy atom. The van der Waals surface area contributed by atoms with Crippen molar-refractivity contribution >= 4 is 16.8 Å². The van der Waals surface area contributed by atoms with Crippen LogP contribution in [0.3, 0.4) is 0 Å². The quantitative estimate of drug-likeness (QED) is 0.727. The van der Waals surface area contributed by atoms with E-state index in [2.05, 4.69) is 22.4 Å². The van der Waals surface area contributed by atoms with Gasteiger partial charge in [0.05, 0.1) is 0 Å². The first-order valence-electron chi connectivity index (χ1n) is 8.07. The van der Waals surface area contributed by atoms with Crippen LogP contribution in [0.1, 0.15) is 19.4 Å². The minimum Gasteiger partial charge on any atom is -0.484 e. The maximum Gasteiger partial charge on any atom is 0.258 e. The van der Waals surface area contributed by atoms with Gasteiger partial charge in [-0.3, -0.25) is 4.79 Å². The van der Waals surface area contributed by atoms with E-state index in [-0.39, 0.29) is 18.1 Å². The Morgan fingerprint density at radius 3 is 2.58 bits per heavy atom. The van der Waals surface area contributed by atoms with Crippen LogP contribution >= 0.6 is 0 Å². The molecular formula is C20H22N2O2. The van der Waals surface area contributed by atoms with E-state index in [1.54, 1.807) is 0 Å². The fourth-order valence-corrected chi connectivity index (χ4v) is 2.88. The van der Waals surface area contributed by atoms with E-state index in [1.807, 2.05) is 62.5 Å². The van der Waals surface area contributed by atoms with Crippen molar-refractivity contribution in [2.75, 3.05) is 6.61 Å². The molecule has 0 saturated heterocycles. The lowest BCUT2D eigenvalue weighted by atomic mass is 9.94. The standard InChI is InChI=1S/C20H22N2O2/c1-20(2,12-15-13-21-18-11-7-6-10-17(15)18)22-19(23)14-24-16-8-4-3-5-9-16/h3-11,13,21H,12,14H2,1-2H3,(H,22,23). The van der Waals surface area contributed by atoms with Crippen LogP contribution in [0.2, 0.25) is 0 Å². The number of H-pyrrole nitrogens is 1. The zero-order valence-electron chi connectivity index (χ0n) is 14.0. The highest BCUT2D eigenvalue weighted by Gasteiger charge is 2.22. The van der Waals surface area contributed by atoms with Crippen LogP contribution in [0.4, 0.5) is 0 Å². The van der Waals surface area contributed by atoms with Crippen molar-refractivity contribution in [2.24, 2.45) is 0 Å². The monoisotopic (exact) mass is 322 g/mol. The molecule has 0 fully saturated rings. The van der Waals surface area contributed by atoms with Crippen LogP contribution in [0.25, 0.3) is 10.9 Å². The molecule has 1 amide bonds. The van der Waals surface area contributed by atoms with E-state index >= 15 is 0 Å². The zero-order chi connectivity index (χ0) is 17.0. The summed E-state index contributed by atoms with van der Waals surface area (Å²) in [5, 5.41) is 4.25. The number of benzene rings is 2. The average Bonchev–Trinajstić information content (AvgIpc) is 2.96. The fourth-order valence-electron chi connectivity index (χ4n) is 2.88. The topological polar surface area (TPSA) is 54.1 Å². The molecular weight excluding hydrogens is 300 g/mol. The molecule has 4 nitrogen and oxygen atoms in total. The Balaban J connectivity index is 1.60. The number of nitrogens with one attached hydrogen (secondary N) is 2. The van der Waals surface area contributed by atoms with Gasteiger partial charge in [-0.25, -0.2) is 0 Å². The minimum absolute atomic E-state index is 0.0152. The summed E-state index contributed by atoms with van der Waals surface area (Å²) in [5.74, 6) is 0.575. The Morgan fingerprint density at radius 1 is 1.08 bits per heavy atom. The minimum atomic E-state index is -0.359. The summed E-state index contributed by atoms with van der Waals surface area (Å²) >= 11 is 0. The highest BCUT2D eigenvalue weighted by atomic mass is 16.5. The molecule has 4 heteroatoms. The Kier molecular flexibility index (Phi) is 4.56. The van der Waals surface area contributed by atoms with Gasteiger partial charge in [0.15, 0.2) is 6.61 Å². The number of carbonyl (C=O) groups excluding carboxylic acids is 1. The van der Waals surface area contributed by atoms with Gasteiger partial charge in [0, 0.05) is 22.6 Å². The van der Waals surface area contributed by atoms with Crippen LogP contribution in [0, 0.1) is 0 Å². The first kappa shape index (κ1) is 16.1. The van der Waals surface area contributed by atoms with Crippen LogP contribution in [0.15, 0.2) is 60.8 Å².